The highest BCUT2D eigenvalue weighted by Crippen LogP contribution is 2.26. The molecule has 4 heteroatoms. The number of hydrogen-bond donors (Lipinski definition) is 2. The van der Waals surface area contributed by atoms with Crippen molar-refractivity contribution in [2.75, 3.05) is 13.2 Å². The number of nitrogens with two attached hydrogens (primary N) is 1. The van der Waals surface area contributed by atoms with Gasteiger partial charge in [-0.2, -0.15) is 0 Å². The van der Waals surface area contributed by atoms with E-state index in [0.29, 0.717) is 6.04 Å². The minimum Gasteiger partial charge on any atom is -0.396 e. The largest absolute Gasteiger partial charge is 0.396 e. The Bertz CT molecular complexity index is 343. The van der Waals surface area contributed by atoms with Crippen molar-refractivity contribution in [2.45, 2.75) is 51.7 Å². The van der Waals surface area contributed by atoms with Gasteiger partial charge in [0, 0.05) is 37.6 Å². The van der Waals surface area contributed by atoms with Crippen LogP contribution in [0.5, 0.6) is 0 Å². The zero-order chi connectivity index (χ0) is 14.3. The van der Waals surface area contributed by atoms with Gasteiger partial charge in [-0.25, -0.2) is 0 Å². The monoisotopic (exact) mass is 265 g/mol. The first-order valence-corrected chi connectivity index (χ1v) is 7.13. The Kier molecular flexibility index (Phi) is 6.99. The van der Waals surface area contributed by atoms with Crippen LogP contribution in [0.3, 0.4) is 0 Å². The zero-order valence-corrected chi connectivity index (χ0v) is 12.3. The van der Waals surface area contributed by atoms with Gasteiger partial charge in [0.25, 0.3) is 0 Å². The van der Waals surface area contributed by atoms with E-state index >= 15 is 0 Å². The van der Waals surface area contributed by atoms with E-state index in [-0.39, 0.29) is 18.7 Å². The van der Waals surface area contributed by atoms with E-state index < -0.39 is 0 Å². The van der Waals surface area contributed by atoms with Crippen LogP contribution in [-0.4, -0.2) is 40.2 Å². The highest BCUT2D eigenvalue weighted by atomic mass is 16.3. The zero-order valence-electron chi connectivity index (χ0n) is 12.3. The van der Waals surface area contributed by atoms with E-state index in [0.717, 1.165) is 19.4 Å². The third-order valence-corrected chi connectivity index (χ3v) is 3.52. The van der Waals surface area contributed by atoms with E-state index in [1.807, 2.05) is 24.5 Å². The maximum Gasteiger partial charge on any atom is 0.0502 e. The van der Waals surface area contributed by atoms with Gasteiger partial charge < -0.3 is 10.8 Å². The second-order valence-corrected chi connectivity index (χ2v) is 5.21. The van der Waals surface area contributed by atoms with Crippen molar-refractivity contribution in [1.29, 1.82) is 0 Å². The predicted octanol–water partition coefficient (Wildman–Crippen LogP) is 1.95. The van der Waals surface area contributed by atoms with Crippen LogP contribution in [0.25, 0.3) is 0 Å². The highest BCUT2D eigenvalue weighted by molar-refractivity contribution is 5.17. The molecule has 0 saturated carbocycles. The summed E-state index contributed by atoms with van der Waals surface area (Å²) in [5.41, 5.74) is 7.54. The summed E-state index contributed by atoms with van der Waals surface area (Å²) in [6, 6.07) is 4.73. The molecule has 0 aliphatic heterocycles. The van der Waals surface area contributed by atoms with Crippen molar-refractivity contribution in [1.82, 2.24) is 9.88 Å². The summed E-state index contributed by atoms with van der Waals surface area (Å²) in [6.07, 6.45) is 5.33. The predicted molar refractivity (Wildman–Crippen MR) is 78.8 cm³/mol. The van der Waals surface area contributed by atoms with Crippen LogP contribution in [0.15, 0.2) is 24.5 Å². The molecular formula is C15H27N3O. The van der Waals surface area contributed by atoms with Gasteiger partial charge in [0.15, 0.2) is 0 Å². The van der Waals surface area contributed by atoms with Gasteiger partial charge in [-0.05, 0) is 44.4 Å². The lowest BCUT2D eigenvalue weighted by atomic mass is 9.95. The molecule has 0 spiro atoms. The lowest BCUT2D eigenvalue weighted by Gasteiger charge is -2.38. The molecule has 0 bridgehead atoms. The lowest BCUT2D eigenvalue weighted by molar-refractivity contribution is 0.118. The molecule has 19 heavy (non-hydrogen) atoms. The minimum atomic E-state index is 0.0866. The summed E-state index contributed by atoms with van der Waals surface area (Å²) in [4.78, 5) is 6.45. The standard InChI is InChI=1S/C15H27N3O/c1-4-14(16)15(13-6-8-17-9-7-13)18(12(2)3)10-5-11-19/h6-9,12,14-15,19H,4-5,10-11,16H2,1-3H3. The molecule has 108 valence electrons. The van der Waals surface area contributed by atoms with Crippen LogP contribution < -0.4 is 5.73 Å². The van der Waals surface area contributed by atoms with Crippen molar-refractivity contribution in [2.24, 2.45) is 5.73 Å². The molecule has 0 saturated heterocycles. The lowest BCUT2D eigenvalue weighted by Crippen LogP contribution is -2.44. The van der Waals surface area contributed by atoms with Gasteiger partial charge in [0.05, 0.1) is 6.04 Å². The molecule has 0 aromatic carbocycles. The topological polar surface area (TPSA) is 62.4 Å². The first-order valence-electron chi connectivity index (χ1n) is 7.13. The van der Waals surface area contributed by atoms with Gasteiger partial charge in [-0.15, -0.1) is 0 Å². The number of rotatable bonds is 8. The summed E-state index contributed by atoms with van der Waals surface area (Å²) in [6.45, 7) is 7.54. The van der Waals surface area contributed by atoms with Crippen molar-refractivity contribution in [3.8, 4) is 0 Å². The first-order chi connectivity index (χ1) is 9.11. The Morgan fingerprint density at radius 3 is 2.42 bits per heavy atom. The van der Waals surface area contributed by atoms with Crippen molar-refractivity contribution in [3.63, 3.8) is 0 Å². The van der Waals surface area contributed by atoms with Crippen molar-refractivity contribution < 1.29 is 5.11 Å². The molecular weight excluding hydrogens is 238 g/mol. The Balaban J connectivity index is 2.99. The van der Waals surface area contributed by atoms with Crippen LogP contribution in [0.2, 0.25) is 0 Å². The smallest absolute Gasteiger partial charge is 0.0502 e. The molecule has 1 heterocycles. The fourth-order valence-corrected chi connectivity index (χ4v) is 2.44. The Labute approximate surface area is 116 Å². The number of aliphatic hydroxyl groups is 1. The average Bonchev–Trinajstić information content (AvgIpc) is 2.43. The molecule has 2 atom stereocenters. The minimum absolute atomic E-state index is 0.0866. The number of nitrogens with zero attached hydrogens (tertiary/aromatic N) is 2. The maximum absolute atomic E-state index is 9.08. The normalized spacial score (nSPS) is 14.9. The molecule has 0 aliphatic rings. The first kappa shape index (κ1) is 16.1. The summed E-state index contributed by atoms with van der Waals surface area (Å²) in [7, 11) is 0. The van der Waals surface area contributed by atoms with Gasteiger partial charge >= 0.3 is 0 Å². The number of aromatic nitrogens is 1. The SMILES string of the molecule is CCC(N)C(c1ccncc1)N(CCCO)C(C)C. The molecule has 1 aromatic heterocycles. The molecule has 4 nitrogen and oxygen atoms in total. The van der Waals surface area contributed by atoms with E-state index in [9.17, 15) is 0 Å². The maximum atomic E-state index is 9.08. The summed E-state index contributed by atoms with van der Waals surface area (Å²) in [5, 5.41) is 9.08. The van der Waals surface area contributed by atoms with E-state index in [2.05, 4.69) is 30.7 Å². The highest BCUT2D eigenvalue weighted by Gasteiger charge is 2.27. The van der Waals surface area contributed by atoms with Gasteiger partial charge in [0.1, 0.15) is 0 Å². The van der Waals surface area contributed by atoms with E-state index in [4.69, 9.17) is 10.8 Å². The molecule has 2 unspecified atom stereocenters. The molecule has 1 rings (SSSR count). The van der Waals surface area contributed by atoms with Crippen molar-refractivity contribution in [3.05, 3.63) is 30.1 Å². The van der Waals surface area contributed by atoms with E-state index in [1.165, 1.54) is 5.56 Å². The molecule has 0 fully saturated rings. The van der Waals surface area contributed by atoms with Crippen LogP contribution in [-0.2, 0) is 0 Å². The second-order valence-electron chi connectivity index (χ2n) is 5.21. The Hall–Kier alpha value is -0.970. The number of pyridine rings is 1. The van der Waals surface area contributed by atoms with Gasteiger partial charge in [0.2, 0.25) is 0 Å². The second kappa shape index (κ2) is 8.25. The molecule has 0 aliphatic carbocycles. The Morgan fingerprint density at radius 2 is 1.95 bits per heavy atom. The number of aliphatic hydroxyl groups excluding tert-OH is 1. The van der Waals surface area contributed by atoms with Crippen molar-refractivity contribution >= 4 is 0 Å². The van der Waals surface area contributed by atoms with Gasteiger partial charge in [-0.3, -0.25) is 9.88 Å². The summed E-state index contributed by atoms with van der Waals surface area (Å²) >= 11 is 0. The average molecular weight is 265 g/mol. The van der Waals surface area contributed by atoms with Crippen LogP contribution in [0.4, 0.5) is 0 Å². The molecule has 1 aromatic rings. The quantitative estimate of drug-likeness (QED) is 0.754. The third kappa shape index (κ3) is 4.56. The summed E-state index contributed by atoms with van der Waals surface area (Å²) in [5.74, 6) is 0. The fourth-order valence-electron chi connectivity index (χ4n) is 2.44. The summed E-state index contributed by atoms with van der Waals surface area (Å²) < 4.78 is 0. The number of hydrogen-bond acceptors (Lipinski definition) is 4. The molecule has 0 amide bonds. The molecule has 3 N–H and O–H groups in total. The fraction of sp³-hybridized carbons (Fsp3) is 0.667. The molecule has 0 radical (unpaired) electrons. The Morgan fingerprint density at radius 1 is 1.32 bits per heavy atom. The third-order valence-electron chi connectivity index (χ3n) is 3.52. The van der Waals surface area contributed by atoms with Crippen LogP contribution in [0.1, 0.15) is 45.2 Å². The van der Waals surface area contributed by atoms with Crippen LogP contribution in [0, 0.1) is 0 Å². The van der Waals surface area contributed by atoms with Gasteiger partial charge in [-0.1, -0.05) is 6.92 Å². The van der Waals surface area contributed by atoms with E-state index in [1.54, 1.807) is 0 Å². The van der Waals surface area contributed by atoms with Crippen LogP contribution >= 0.6 is 0 Å².